The predicted octanol–water partition coefficient (Wildman–Crippen LogP) is -2.07. The maximum atomic E-state index is 13.1. The fraction of sp³-hybridized carbons (Fsp3) is 0.714. The van der Waals surface area contributed by atoms with E-state index >= 15 is 0 Å². The number of carboxylic acid groups (broad SMARTS) is 2. The monoisotopic (exact) mass is 499 g/mol. The van der Waals surface area contributed by atoms with Crippen LogP contribution in [0.15, 0.2) is 4.99 Å². The van der Waals surface area contributed by atoms with Gasteiger partial charge in [-0.15, -0.1) is 0 Å². The first-order valence-corrected chi connectivity index (χ1v) is 11.5. The lowest BCUT2D eigenvalue weighted by Gasteiger charge is -2.29. The summed E-state index contributed by atoms with van der Waals surface area (Å²) in [6, 6.07) is -4.20. The van der Waals surface area contributed by atoms with Crippen LogP contribution in [0.2, 0.25) is 0 Å². The number of nitrogens with zero attached hydrogens (tertiary/aromatic N) is 2. The number of carbonyl (C=O) groups excluding carboxylic acids is 3. The molecule has 0 spiro atoms. The van der Waals surface area contributed by atoms with Gasteiger partial charge in [-0.05, 0) is 38.0 Å². The van der Waals surface area contributed by atoms with Gasteiger partial charge in [-0.2, -0.15) is 0 Å². The van der Waals surface area contributed by atoms with Crippen molar-refractivity contribution in [1.82, 2.24) is 15.5 Å². The number of hydrogen-bond donors (Lipinski definition) is 7. The van der Waals surface area contributed by atoms with Gasteiger partial charge in [0.05, 0.1) is 6.04 Å². The summed E-state index contributed by atoms with van der Waals surface area (Å²) in [5.41, 5.74) is 16.6. The van der Waals surface area contributed by atoms with Gasteiger partial charge in [0.15, 0.2) is 5.96 Å². The molecule has 10 N–H and O–H groups in total. The maximum Gasteiger partial charge on any atom is 0.326 e. The number of nitrogens with one attached hydrogen (secondary N) is 2. The highest BCUT2D eigenvalue weighted by molar-refractivity contribution is 5.94. The molecule has 3 amide bonds. The average molecular weight is 500 g/mol. The van der Waals surface area contributed by atoms with Crippen LogP contribution in [-0.2, 0) is 24.0 Å². The molecule has 1 saturated heterocycles. The van der Waals surface area contributed by atoms with E-state index in [1.54, 1.807) is 13.8 Å². The fourth-order valence-corrected chi connectivity index (χ4v) is 3.62. The quantitative estimate of drug-likeness (QED) is 0.0781. The maximum absolute atomic E-state index is 13.1. The Morgan fingerprint density at radius 3 is 2.26 bits per heavy atom. The molecule has 0 radical (unpaired) electrons. The van der Waals surface area contributed by atoms with E-state index in [0.29, 0.717) is 19.4 Å². The number of carboxylic acids is 2. The summed E-state index contributed by atoms with van der Waals surface area (Å²) in [4.78, 5) is 66.2. The van der Waals surface area contributed by atoms with E-state index in [-0.39, 0.29) is 43.6 Å². The summed E-state index contributed by atoms with van der Waals surface area (Å²) < 4.78 is 0. The second kappa shape index (κ2) is 14.1. The Kier molecular flexibility index (Phi) is 11.9. The molecule has 35 heavy (non-hydrogen) atoms. The third kappa shape index (κ3) is 9.76. The first-order chi connectivity index (χ1) is 16.3. The van der Waals surface area contributed by atoms with Gasteiger partial charge in [-0.25, -0.2) is 4.79 Å². The van der Waals surface area contributed by atoms with Crippen molar-refractivity contribution in [1.29, 1.82) is 0 Å². The summed E-state index contributed by atoms with van der Waals surface area (Å²) in [7, 11) is 0. The number of aliphatic carboxylic acids is 2. The molecule has 1 rings (SSSR count). The SMILES string of the molecule is CC(C)C(N)C(=O)N1CCCC1C(=O)NC(CCCN=C(N)N)C(=O)NC(CCC(=O)O)C(=O)O. The highest BCUT2D eigenvalue weighted by atomic mass is 16.4. The molecule has 198 valence electrons. The number of hydrogen-bond acceptors (Lipinski definition) is 7. The van der Waals surface area contributed by atoms with Crippen molar-refractivity contribution in [2.24, 2.45) is 28.1 Å². The first kappa shape index (κ1) is 29.6. The molecular formula is C21H37N7O7. The molecular weight excluding hydrogens is 462 g/mol. The second-order valence-electron chi connectivity index (χ2n) is 8.80. The zero-order valence-corrected chi connectivity index (χ0v) is 20.1. The van der Waals surface area contributed by atoms with Gasteiger partial charge in [-0.3, -0.25) is 24.2 Å². The Morgan fingerprint density at radius 2 is 1.71 bits per heavy atom. The molecule has 1 aliphatic heterocycles. The number of nitrogens with two attached hydrogens (primary N) is 3. The summed E-state index contributed by atoms with van der Waals surface area (Å²) in [5, 5.41) is 23.1. The molecule has 1 fully saturated rings. The van der Waals surface area contributed by atoms with Crippen LogP contribution >= 0.6 is 0 Å². The van der Waals surface area contributed by atoms with Crippen LogP contribution in [0.4, 0.5) is 0 Å². The Bertz CT molecular complexity index is 814. The normalized spacial score (nSPS) is 17.8. The molecule has 0 saturated carbocycles. The number of rotatable bonds is 14. The summed E-state index contributed by atoms with van der Waals surface area (Å²) >= 11 is 0. The van der Waals surface area contributed by atoms with E-state index in [1.165, 1.54) is 4.90 Å². The van der Waals surface area contributed by atoms with E-state index in [0.717, 1.165) is 0 Å². The van der Waals surface area contributed by atoms with E-state index in [9.17, 15) is 29.1 Å². The molecule has 4 atom stereocenters. The average Bonchev–Trinajstić information content (AvgIpc) is 3.26. The summed E-state index contributed by atoms with van der Waals surface area (Å²) in [5.74, 6) is -4.60. The minimum Gasteiger partial charge on any atom is -0.481 e. The van der Waals surface area contributed by atoms with Crippen LogP contribution in [0.1, 0.15) is 52.4 Å². The lowest BCUT2D eigenvalue weighted by molar-refractivity contribution is -0.144. The number of aliphatic imine (C=N–C) groups is 1. The van der Waals surface area contributed by atoms with E-state index in [2.05, 4.69) is 15.6 Å². The van der Waals surface area contributed by atoms with Gasteiger partial charge < -0.3 is 42.9 Å². The van der Waals surface area contributed by atoms with Gasteiger partial charge in [0.1, 0.15) is 18.1 Å². The van der Waals surface area contributed by atoms with Crippen molar-refractivity contribution < 1.29 is 34.2 Å². The molecule has 0 aromatic carbocycles. The van der Waals surface area contributed by atoms with Gasteiger partial charge >= 0.3 is 11.9 Å². The van der Waals surface area contributed by atoms with Gasteiger partial charge in [0.25, 0.3) is 0 Å². The Labute approximate surface area is 203 Å². The van der Waals surface area contributed by atoms with Crippen molar-refractivity contribution >= 4 is 35.6 Å². The molecule has 0 aliphatic carbocycles. The minimum absolute atomic E-state index is 0.0752. The van der Waals surface area contributed by atoms with Gasteiger partial charge in [0.2, 0.25) is 17.7 Å². The lowest BCUT2D eigenvalue weighted by atomic mass is 10.0. The first-order valence-electron chi connectivity index (χ1n) is 11.5. The molecule has 0 bridgehead atoms. The molecule has 1 aliphatic rings. The van der Waals surface area contributed by atoms with Crippen molar-refractivity contribution in [3.63, 3.8) is 0 Å². The van der Waals surface area contributed by atoms with Crippen LogP contribution in [0.5, 0.6) is 0 Å². The number of carbonyl (C=O) groups is 5. The van der Waals surface area contributed by atoms with Crippen LogP contribution in [-0.4, -0.2) is 88.0 Å². The van der Waals surface area contributed by atoms with Gasteiger partial charge in [-0.1, -0.05) is 13.8 Å². The smallest absolute Gasteiger partial charge is 0.326 e. The second-order valence-corrected chi connectivity index (χ2v) is 8.80. The zero-order valence-electron chi connectivity index (χ0n) is 20.1. The van der Waals surface area contributed by atoms with Crippen molar-refractivity contribution in [3.05, 3.63) is 0 Å². The number of likely N-dealkylation sites (tertiary alicyclic amines) is 1. The number of amides is 3. The van der Waals surface area contributed by atoms with Crippen molar-refractivity contribution in [2.75, 3.05) is 13.1 Å². The third-order valence-corrected chi connectivity index (χ3v) is 5.68. The lowest BCUT2D eigenvalue weighted by Crippen LogP contribution is -2.57. The third-order valence-electron chi connectivity index (χ3n) is 5.68. The van der Waals surface area contributed by atoms with Crippen LogP contribution in [0.3, 0.4) is 0 Å². The Balaban J connectivity index is 2.97. The van der Waals surface area contributed by atoms with Crippen molar-refractivity contribution in [2.45, 2.75) is 76.5 Å². The van der Waals surface area contributed by atoms with E-state index in [4.69, 9.17) is 22.3 Å². The largest absolute Gasteiger partial charge is 0.481 e. The number of guanidine groups is 1. The van der Waals surface area contributed by atoms with Crippen LogP contribution in [0, 0.1) is 5.92 Å². The molecule has 14 nitrogen and oxygen atoms in total. The molecule has 1 heterocycles. The van der Waals surface area contributed by atoms with Gasteiger partial charge in [0, 0.05) is 19.5 Å². The van der Waals surface area contributed by atoms with E-state index in [1.807, 2.05) is 0 Å². The standard InChI is InChI=1S/C21H37N7O7/c1-11(2)16(22)19(33)28-10-4-6-14(28)18(32)26-12(5-3-9-25-21(23)24)17(31)27-13(20(34)35)7-8-15(29)30/h11-14,16H,3-10,22H2,1-2H3,(H,26,32)(H,27,31)(H,29,30)(H,34,35)(H4,23,24,25). The van der Waals surface area contributed by atoms with E-state index < -0.39 is 54.3 Å². The molecule has 0 aromatic rings. The Morgan fingerprint density at radius 1 is 1.06 bits per heavy atom. The summed E-state index contributed by atoms with van der Waals surface area (Å²) in [6.07, 6.45) is 0.547. The molecule has 0 aromatic heterocycles. The minimum atomic E-state index is -1.45. The van der Waals surface area contributed by atoms with Crippen LogP contribution < -0.4 is 27.8 Å². The predicted molar refractivity (Wildman–Crippen MR) is 126 cm³/mol. The zero-order chi connectivity index (χ0) is 26.7. The van der Waals surface area contributed by atoms with Crippen LogP contribution in [0.25, 0.3) is 0 Å². The topological polar surface area (TPSA) is 244 Å². The highest BCUT2D eigenvalue weighted by Gasteiger charge is 2.38. The summed E-state index contributed by atoms with van der Waals surface area (Å²) in [6.45, 7) is 4.12. The Hall–Kier alpha value is -3.42. The highest BCUT2D eigenvalue weighted by Crippen LogP contribution is 2.20. The van der Waals surface area contributed by atoms with Crippen molar-refractivity contribution in [3.8, 4) is 0 Å². The molecule has 14 heteroatoms. The fourth-order valence-electron chi connectivity index (χ4n) is 3.62. The molecule has 4 unspecified atom stereocenters.